The molecule has 0 aromatic carbocycles. The van der Waals surface area contributed by atoms with Gasteiger partial charge in [-0.15, -0.1) is 0 Å². The third-order valence-electron chi connectivity index (χ3n) is 5.51. The number of furan rings is 1. The Balaban J connectivity index is 0.000000286. The minimum Gasteiger partial charge on any atom is -0.475 e. The maximum Gasteiger partial charge on any atom is 0.490 e. The normalized spacial score (nSPS) is 19.6. The number of carbonyl (C=O) groups is 3. The first kappa shape index (κ1) is 29.6. The van der Waals surface area contributed by atoms with Crippen molar-refractivity contribution < 1.29 is 55.4 Å². The number of halogens is 6. The second-order valence-electron chi connectivity index (χ2n) is 8.09. The van der Waals surface area contributed by atoms with Gasteiger partial charge in [-0.1, -0.05) is 6.07 Å². The zero-order chi connectivity index (χ0) is 27.8. The van der Waals surface area contributed by atoms with Crippen LogP contribution in [0, 0.1) is 5.92 Å². The summed E-state index contributed by atoms with van der Waals surface area (Å²) < 4.78 is 68.7. The largest absolute Gasteiger partial charge is 0.490 e. The average Bonchev–Trinajstić information content (AvgIpc) is 3.50. The lowest BCUT2D eigenvalue weighted by molar-refractivity contribution is -0.193. The van der Waals surface area contributed by atoms with Crippen molar-refractivity contribution in [1.82, 2.24) is 14.8 Å². The van der Waals surface area contributed by atoms with Crippen LogP contribution >= 0.6 is 0 Å². The Labute approximate surface area is 206 Å². The fraction of sp³-hybridized carbons (Fsp3) is 0.455. The Morgan fingerprint density at radius 3 is 2.11 bits per heavy atom. The fourth-order valence-electron chi connectivity index (χ4n) is 3.92. The molecule has 0 unspecified atom stereocenters. The van der Waals surface area contributed by atoms with E-state index < -0.39 is 24.3 Å². The van der Waals surface area contributed by atoms with Crippen molar-refractivity contribution in [2.75, 3.05) is 19.6 Å². The number of likely N-dealkylation sites (tertiary alicyclic amines) is 2. The van der Waals surface area contributed by atoms with E-state index in [1.54, 1.807) is 18.4 Å². The highest BCUT2D eigenvalue weighted by Crippen LogP contribution is 2.32. The molecule has 2 aromatic heterocycles. The number of carbonyl (C=O) groups excluding carboxylic acids is 1. The van der Waals surface area contributed by atoms with Crippen molar-refractivity contribution in [2.24, 2.45) is 5.92 Å². The predicted octanol–water partition coefficient (Wildman–Crippen LogP) is 3.68. The number of nitrogens with zero attached hydrogens (tertiary/aromatic N) is 3. The van der Waals surface area contributed by atoms with Crippen LogP contribution in [0.4, 0.5) is 26.3 Å². The summed E-state index contributed by atoms with van der Waals surface area (Å²) in [5, 5.41) is 14.2. The van der Waals surface area contributed by atoms with Crippen LogP contribution in [0.25, 0.3) is 0 Å². The van der Waals surface area contributed by atoms with Crippen molar-refractivity contribution in [3.63, 3.8) is 0 Å². The number of fused-ring (bicyclic) bond motifs is 1. The van der Waals surface area contributed by atoms with E-state index in [-0.39, 0.29) is 5.91 Å². The summed E-state index contributed by atoms with van der Waals surface area (Å²) in [4.78, 5) is 39.0. The molecule has 0 spiro atoms. The van der Waals surface area contributed by atoms with Gasteiger partial charge < -0.3 is 19.5 Å². The van der Waals surface area contributed by atoms with E-state index in [2.05, 4.69) is 16.0 Å². The van der Waals surface area contributed by atoms with Crippen LogP contribution in [0.15, 0.2) is 47.3 Å². The topological polar surface area (TPSA) is 124 Å². The van der Waals surface area contributed by atoms with Crippen LogP contribution in [0.1, 0.15) is 29.0 Å². The van der Waals surface area contributed by atoms with Gasteiger partial charge in [0, 0.05) is 38.1 Å². The van der Waals surface area contributed by atoms with Crippen LogP contribution in [0.2, 0.25) is 0 Å². The highest BCUT2D eigenvalue weighted by molar-refractivity contribution is 5.91. The van der Waals surface area contributed by atoms with Crippen molar-refractivity contribution in [1.29, 1.82) is 0 Å². The molecule has 2 aliphatic heterocycles. The van der Waals surface area contributed by atoms with Crippen LogP contribution in [-0.4, -0.2) is 80.9 Å². The van der Waals surface area contributed by atoms with Gasteiger partial charge in [0.15, 0.2) is 5.76 Å². The average molecular weight is 539 g/mol. The van der Waals surface area contributed by atoms with Gasteiger partial charge in [-0.2, -0.15) is 26.3 Å². The molecule has 0 radical (unpaired) electrons. The molecule has 2 fully saturated rings. The minimum atomic E-state index is -5.08. The lowest BCUT2D eigenvalue weighted by Crippen LogP contribution is -2.44. The quantitative estimate of drug-likeness (QED) is 0.567. The van der Waals surface area contributed by atoms with Gasteiger partial charge in [0.2, 0.25) is 0 Å². The summed E-state index contributed by atoms with van der Waals surface area (Å²) in [6.45, 7) is 3.65. The number of alkyl halides is 6. The zero-order valence-corrected chi connectivity index (χ0v) is 19.1. The number of carboxylic acid groups (broad SMARTS) is 2. The Hall–Kier alpha value is -3.62. The number of piperidine rings is 1. The Bertz CT molecular complexity index is 1010. The van der Waals surface area contributed by atoms with Gasteiger partial charge in [-0.3, -0.25) is 14.7 Å². The molecule has 0 bridgehead atoms. The first-order valence-corrected chi connectivity index (χ1v) is 10.8. The van der Waals surface area contributed by atoms with Crippen molar-refractivity contribution in [3.05, 3.63) is 54.2 Å². The Morgan fingerprint density at radius 2 is 1.62 bits per heavy atom. The van der Waals surface area contributed by atoms with E-state index in [4.69, 9.17) is 24.2 Å². The number of hydrogen-bond donors (Lipinski definition) is 2. The summed E-state index contributed by atoms with van der Waals surface area (Å²) in [5.41, 5.74) is 1.24. The smallest absolute Gasteiger partial charge is 0.475 e. The molecular formula is C22H23F6N3O6. The molecule has 0 saturated carbocycles. The molecule has 2 atom stereocenters. The second kappa shape index (κ2) is 12.6. The second-order valence-corrected chi connectivity index (χ2v) is 8.09. The number of aromatic nitrogens is 1. The maximum absolute atomic E-state index is 12.5. The summed E-state index contributed by atoms with van der Waals surface area (Å²) in [5.74, 6) is -4.48. The molecule has 9 nitrogen and oxygen atoms in total. The van der Waals surface area contributed by atoms with E-state index >= 15 is 0 Å². The third-order valence-corrected chi connectivity index (χ3v) is 5.51. The molecule has 2 N–H and O–H groups in total. The van der Waals surface area contributed by atoms with Gasteiger partial charge in [-0.25, -0.2) is 9.59 Å². The van der Waals surface area contributed by atoms with Gasteiger partial charge in [0.05, 0.1) is 6.26 Å². The molecule has 204 valence electrons. The first-order valence-electron chi connectivity index (χ1n) is 10.8. The number of hydrogen-bond acceptors (Lipinski definition) is 6. The number of pyridine rings is 1. The Kier molecular flexibility index (Phi) is 10.1. The van der Waals surface area contributed by atoms with Crippen LogP contribution in [-0.2, 0) is 16.1 Å². The van der Waals surface area contributed by atoms with Crippen molar-refractivity contribution >= 4 is 17.8 Å². The summed E-state index contributed by atoms with van der Waals surface area (Å²) in [6, 6.07) is 8.07. The standard InChI is InChI=1S/C18H21N3O2.2C2HF3O2/c22-18(17-6-3-9-23-17)21-12-15-5-2-8-20(16(15)13-21)11-14-4-1-7-19-10-14;2*3-2(4,5)1(6)7/h1,3-4,6-7,9-10,15-16H,2,5,8,11-13H2;2*(H,6,7)/t15-,16+;;/m1../s1. The lowest BCUT2D eigenvalue weighted by atomic mass is 9.92. The number of rotatable bonds is 3. The van der Waals surface area contributed by atoms with E-state index in [1.165, 1.54) is 18.4 Å². The first-order chi connectivity index (χ1) is 17.2. The predicted molar refractivity (Wildman–Crippen MR) is 113 cm³/mol. The van der Waals surface area contributed by atoms with Gasteiger partial charge in [0.1, 0.15) is 0 Å². The molecule has 37 heavy (non-hydrogen) atoms. The third kappa shape index (κ3) is 9.08. The molecular weight excluding hydrogens is 516 g/mol. The molecule has 2 aliphatic rings. The van der Waals surface area contributed by atoms with Gasteiger partial charge >= 0.3 is 24.3 Å². The Morgan fingerprint density at radius 1 is 1.00 bits per heavy atom. The fourth-order valence-corrected chi connectivity index (χ4v) is 3.92. The molecule has 1 amide bonds. The van der Waals surface area contributed by atoms with Crippen molar-refractivity contribution in [2.45, 2.75) is 37.8 Å². The molecule has 4 rings (SSSR count). The van der Waals surface area contributed by atoms with E-state index in [9.17, 15) is 31.1 Å². The lowest BCUT2D eigenvalue weighted by Gasteiger charge is -2.36. The summed E-state index contributed by atoms with van der Waals surface area (Å²) >= 11 is 0. The molecule has 2 saturated heterocycles. The van der Waals surface area contributed by atoms with Gasteiger partial charge in [-0.05, 0) is 49.1 Å². The molecule has 0 aliphatic carbocycles. The van der Waals surface area contributed by atoms with E-state index in [1.807, 2.05) is 23.4 Å². The summed E-state index contributed by atoms with van der Waals surface area (Å²) in [7, 11) is 0. The number of aliphatic carboxylic acids is 2. The minimum absolute atomic E-state index is 0.0192. The van der Waals surface area contributed by atoms with Gasteiger partial charge in [0.25, 0.3) is 5.91 Å². The zero-order valence-electron chi connectivity index (χ0n) is 19.1. The SMILES string of the molecule is O=C(O)C(F)(F)F.O=C(O)C(F)(F)F.O=C(c1ccco1)N1C[C@H]2CCCN(Cc3cccnc3)[C@H]2C1. The van der Waals surface area contributed by atoms with Crippen LogP contribution < -0.4 is 0 Å². The maximum atomic E-state index is 12.5. The molecule has 15 heteroatoms. The molecule has 4 heterocycles. The van der Waals surface area contributed by atoms with E-state index in [0.717, 1.165) is 26.2 Å². The van der Waals surface area contributed by atoms with Crippen LogP contribution in [0.5, 0.6) is 0 Å². The highest BCUT2D eigenvalue weighted by atomic mass is 19.4. The monoisotopic (exact) mass is 539 g/mol. The van der Waals surface area contributed by atoms with Crippen molar-refractivity contribution in [3.8, 4) is 0 Å². The highest BCUT2D eigenvalue weighted by Gasteiger charge is 2.41. The van der Waals surface area contributed by atoms with Crippen LogP contribution in [0.3, 0.4) is 0 Å². The molecule has 2 aromatic rings. The number of carboxylic acids is 2. The number of amides is 1. The van der Waals surface area contributed by atoms with E-state index in [0.29, 0.717) is 17.7 Å². The summed E-state index contributed by atoms with van der Waals surface area (Å²) in [6.07, 6.45) is -2.46.